The van der Waals surface area contributed by atoms with Gasteiger partial charge in [-0.15, -0.1) is 0 Å². The highest BCUT2D eigenvalue weighted by Crippen LogP contribution is 2.65. The molecule has 4 aliphatic rings. The monoisotopic (exact) mass is 525 g/mol. The number of carbonyl (C=O) groups is 2. The van der Waals surface area contributed by atoms with Crippen molar-refractivity contribution in [1.29, 1.82) is 0 Å². The van der Waals surface area contributed by atoms with Crippen molar-refractivity contribution in [2.75, 3.05) is 19.0 Å². The molecule has 4 saturated carbocycles. The first-order valence-electron chi connectivity index (χ1n) is 12.0. The number of carbonyl (C=O) groups excluding carboxylic acids is 2. The van der Waals surface area contributed by atoms with Crippen molar-refractivity contribution in [3.8, 4) is 5.75 Å². The first-order chi connectivity index (χ1) is 16.3. The van der Waals surface area contributed by atoms with Crippen molar-refractivity contribution in [3.63, 3.8) is 0 Å². The number of methoxy groups -OCH3 is 1. The lowest BCUT2D eigenvalue weighted by Gasteiger charge is -2.60. The summed E-state index contributed by atoms with van der Waals surface area (Å²) in [5.74, 6) is 1.25. The highest BCUT2D eigenvalue weighted by Gasteiger charge is 2.57. The van der Waals surface area contributed by atoms with Gasteiger partial charge < -0.3 is 19.2 Å². The zero-order chi connectivity index (χ0) is 23.5. The predicted octanol–water partition coefficient (Wildman–Crippen LogP) is 6.20. The third-order valence-electron chi connectivity index (χ3n) is 7.97. The molecule has 4 fully saturated rings. The fraction of sp³-hybridized carbons (Fsp3) is 0.481. The number of para-hydroxylation sites is 1. The molecular weight excluding hydrogens is 498 g/mol. The molecule has 6 nitrogen and oxygen atoms in total. The van der Waals surface area contributed by atoms with Crippen molar-refractivity contribution in [2.24, 2.45) is 17.3 Å². The standard InChI is InChI=1S/C27H28BrNO5/c1-32-23-7-19-18-4-2-3-5-21(18)34-22(19)8-20(23)29-24(30)14-33-25(31)13-26-9-16-6-17(10-26)12-27(28,11-16)15-26/h2-5,7-8,16-17H,6,9-15H2,1H3,(H,29,30)/t16-,17-,26?,27?/m1/s1. The molecule has 1 amide bonds. The molecule has 1 aromatic heterocycles. The third-order valence-corrected chi connectivity index (χ3v) is 8.90. The van der Waals surface area contributed by atoms with Gasteiger partial charge in [0.1, 0.15) is 16.9 Å². The summed E-state index contributed by atoms with van der Waals surface area (Å²) >= 11 is 3.99. The van der Waals surface area contributed by atoms with E-state index < -0.39 is 5.91 Å². The van der Waals surface area contributed by atoms with E-state index in [0.717, 1.165) is 35.6 Å². The van der Waals surface area contributed by atoms with E-state index in [9.17, 15) is 9.59 Å². The number of hydrogen-bond donors (Lipinski definition) is 1. The summed E-state index contributed by atoms with van der Waals surface area (Å²) in [5.41, 5.74) is 1.93. The topological polar surface area (TPSA) is 77.8 Å². The molecule has 0 radical (unpaired) electrons. The molecule has 0 spiro atoms. The van der Waals surface area contributed by atoms with Gasteiger partial charge in [0, 0.05) is 21.2 Å². The number of anilines is 1. The summed E-state index contributed by atoms with van der Waals surface area (Å²) in [4.78, 5) is 25.4. The van der Waals surface area contributed by atoms with Crippen molar-refractivity contribution in [3.05, 3.63) is 36.4 Å². The lowest BCUT2D eigenvalue weighted by molar-refractivity contribution is -0.153. The minimum Gasteiger partial charge on any atom is -0.495 e. The minimum absolute atomic E-state index is 0.0245. The molecule has 0 unspecified atom stereocenters. The van der Waals surface area contributed by atoms with Crippen LogP contribution in [0.3, 0.4) is 0 Å². The number of halogens is 1. The van der Waals surface area contributed by atoms with Crippen molar-refractivity contribution < 1.29 is 23.5 Å². The van der Waals surface area contributed by atoms with E-state index in [1.165, 1.54) is 19.3 Å². The van der Waals surface area contributed by atoms with Crippen LogP contribution >= 0.6 is 15.9 Å². The number of nitrogens with one attached hydrogen (secondary N) is 1. The maximum absolute atomic E-state index is 12.7. The molecule has 178 valence electrons. The van der Waals surface area contributed by atoms with Crippen molar-refractivity contribution in [2.45, 2.75) is 49.3 Å². The van der Waals surface area contributed by atoms with Crippen LogP contribution in [0.5, 0.6) is 5.75 Å². The molecule has 34 heavy (non-hydrogen) atoms. The smallest absolute Gasteiger partial charge is 0.306 e. The lowest BCUT2D eigenvalue weighted by atomic mass is 9.49. The second-order valence-corrected chi connectivity index (χ2v) is 12.3. The summed E-state index contributed by atoms with van der Waals surface area (Å²) < 4.78 is 17.0. The summed E-state index contributed by atoms with van der Waals surface area (Å²) in [7, 11) is 1.56. The van der Waals surface area contributed by atoms with Crippen LogP contribution in [-0.4, -0.2) is 29.9 Å². The average molecular weight is 526 g/mol. The van der Waals surface area contributed by atoms with E-state index in [1.807, 2.05) is 30.3 Å². The van der Waals surface area contributed by atoms with Gasteiger partial charge in [0.2, 0.25) is 0 Å². The normalized spacial score (nSPS) is 29.5. The van der Waals surface area contributed by atoms with E-state index in [4.69, 9.17) is 13.9 Å². The highest BCUT2D eigenvalue weighted by atomic mass is 79.9. The fourth-order valence-corrected chi connectivity index (χ4v) is 8.76. The predicted molar refractivity (Wildman–Crippen MR) is 133 cm³/mol. The average Bonchev–Trinajstić information content (AvgIpc) is 3.12. The molecule has 1 N–H and O–H groups in total. The Bertz CT molecular complexity index is 1280. The summed E-state index contributed by atoms with van der Waals surface area (Å²) in [6.07, 6.45) is 7.38. The van der Waals surface area contributed by atoms with Crippen LogP contribution in [0.4, 0.5) is 5.69 Å². The minimum atomic E-state index is -0.399. The number of amides is 1. The van der Waals surface area contributed by atoms with E-state index in [2.05, 4.69) is 21.2 Å². The van der Waals surface area contributed by atoms with Gasteiger partial charge in [-0.2, -0.15) is 0 Å². The van der Waals surface area contributed by atoms with Gasteiger partial charge in [0.25, 0.3) is 5.91 Å². The third kappa shape index (κ3) is 3.88. The quantitative estimate of drug-likeness (QED) is 0.306. The van der Waals surface area contributed by atoms with Crippen LogP contribution in [0.25, 0.3) is 21.9 Å². The number of benzene rings is 2. The molecule has 1 heterocycles. The maximum atomic E-state index is 12.7. The zero-order valence-electron chi connectivity index (χ0n) is 19.2. The SMILES string of the molecule is COc1cc2c(cc1NC(=O)COC(=O)CC13C[C@H]4C[C@@H](CC(Br)(C4)C1)C3)oc1ccccc12. The molecule has 2 aromatic carbocycles. The molecule has 7 rings (SSSR count). The Morgan fingerprint density at radius 3 is 2.59 bits per heavy atom. The summed E-state index contributed by atoms with van der Waals surface area (Å²) in [6.45, 7) is -0.317. The number of hydrogen-bond acceptors (Lipinski definition) is 5. The van der Waals surface area contributed by atoms with Crippen LogP contribution < -0.4 is 10.1 Å². The Morgan fingerprint density at radius 2 is 1.85 bits per heavy atom. The molecule has 2 atom stereocenters. The van der Waals surface area contributed by atoms with E-state index in [0.29, 0.717) is 35.3 Å². The van der Waals surface area contributed by atoms with E-state index in [-0.39, 0.29) is 22.3 Å². The second kappa shape index (κ2) is 8.01. The van der Waals surface area contributed by atoms with Gasteiger partial charge in [-0.25, -0.2) is 0 Å². The fourth-order valence-electron chi connectivity index (χ4n) is 7.25. The zero-order valence-corrected chi connectivity index (χ0v) is 20.8. The van der Waals surface area contributed by atoms with Crippen LogP contribution in [0, 0.1) is 17.3 Å². The van der Waals surface area contributed by atoms with Gasteiger partial charge in [0.15, 0.2) is 6.61 Å². The number of fused-ring (bicyclic) bond motifs is 3. The van der Waals surface area contributed by atoms with Crippen molar-refractivity contribution >= 4 is 55.4 Å². The Hall–Kier alpha value is -2.54. The summed E-state index contributed by atoms with van der Waals surface area (Å²) in [6, 6.07) is 11.4. The molecule has 4 aliphatic carbocycles. The van der Waals surface area contributed by atoms with E-state index in [1.54, 1.807) is 13.2 Å². The second-order valence-electron chi connectivity index (χ2n) is 10.6. The van der Waals surface area contributed by atoms with Crippen LogP contribution in [0.15, 0.2) is 40.8 Å². The Morgan fingerprint density at radius 1 is 1.09 bits per heavy atom. The molecular formula is C27H28BrNO5. The van der Waals surface area contributed by atoms with Gasteiger partial charge in [-0.1, -0.05) is 34.1 Å². The van der Waals surface area contributed by atoms with Crippen LogP contribution in [0.1, 0.15) is 44.9 Å². The lowest BCUT2D eigenvalue weighted by Crippen LogP contribution is -2.53. The number of rotatable bonds is 6. The highest BCUT2D eigenvalue weighted by molar-refractivity contribution is 9.10. The number of esters is 1. The van der Waals surface area contributed by atoms with Crippen LogP contribution in [0.2, 0.25) is 0 Å². The molecule has 3 aromatic rings. The van der Waals surface area contributed by atoms with Crippen LogP contribution in [-0.2, 0) is 14.3 Å². The van der Waals surface area contributed by atoms with Gasteiger partial charge >= 0.3 is 5.97 Å². The molecule has 4 bridgehead atoms. The molecule has 0 aliphatic heterocycles. The summed E-state index contributed by atoms with van der Waals surface area (Å²) in [5, 5.41) is 4.71. The number of alkyl halides is 1. The van der Waals surface area contributed by atoms with Gasteiger partial charge in [-0.05, 0) is 67.9 Å². The molecule has 7 heteroatoms. The first kappa shape index (κ1) is 22.0. The van der Waals surface area contributed by atoms with Crippen molar-refractivity contribution in [1.82, 2.24) is 0 Å². The number of ether oxygens (including phenoxy) is 2. The Balaban J connectivity index is 1.11. The van der Waals surface area contributed by atoms with Gasteiger partial charge in [0.05, 0.1) is 19.2 Å². The largest absolute Gasteiger partial charge is 0.495 e. The number of furan rings is 1. The molecule has 0 saturated heterocycles. The van der Waals surface area contributed by atoms with Gasteiger partial charge in [-0.3, -0.25) is 9.59 Å². The Kier molecular flexibility index (Phi) is 5.17. The first-order valence-corrected chi connectivity index (χ1v) is 12.8. The Labute approximate surface area is 206 Å². The maximum Gasteiger partial charge on any atom is 0.306 e. The van der Waals surface area contributed by atoms with E-state index >= 15 is 0 Å².